The molecule has 3 amide bonds. The number of Topliss-reactive ketones (excluding diaryl/α,β-unsaturated/α-hetero) is 1. The Bertz CT molecular complexity index is 888. The van der Waals surface area contributed by atoms with Crippen LogP contribution in [0.3, 0.4) is 0 Å². The van der Waals surface area contributed by atoms with E-state index in [1.165, 1.54) is 6.92 Å². The van der Waals surface area contributed by atoms with Crippen LogP contribution in [0.4, 0.5) is 16.2 Å². The Morgan fingerprint density at radius 1 is 0.933 bits per heavy atom. The normalized spacial score (nSPS) is 13.5. The van der Waals surface area contributed by atoms with Crippen molar-refractivity contribution in [3.8, 4) is 5.75 Å². The molecule has 1 aliphatic rings. The predicted molar refractivity (Wildman–Crippen MR) is 115 cm³/mol. The minimum atomic E-state index is -0.323. The van der Waals surface area contributed by atoms with Gasteiger partial charge in [0.2, 0.25) is 5.91 Å². The fourth-order valence-corrected chi connectivity index (χ4v) is 3.22. The number of anilines is 2. The van der Waals surface area contributed by atoms with E-state index in [4.69, 9.17) is 4.74 Å². The highest BCUT2D eigenvalue weighted by molar-refractivity contribution is 5.96. The van der Waals surface area contributed by atoms with Crippen molar-refractivity contribution in [1.82, 2.24) is 10.2 Å². The topological polar surface area (TPSA) is 91.0 Å². The van der Waals surface area contributed by atoms with Gasteiger partial charge in [-0.3, -0.25) is 9.59 Å². The predicted octanol–water partition coefficient (Wildman–Crippen LogP) is 2.37. The highest BCUT2D eigenvalue weighted by Crippen LogP contribution is 2.20. The van der Waals surface area contributed by atoms with Gasteiger partial charge in [0.15, 0.2) is 5.78 Å². The summed E-state index contributed by atoms with van der Waals surface area (Å²) in [5, 5.41) is 5.36. The number of hydrogen-bond donors (Lipinski definition) is 2. The number of methoxy groups -OCH3 is 1. The smallest absolute Gasteiger partial charge is 0.317 e. The largest absolute Gasteiger partial charge is 0.497 e. The summed E-state index contributed by atoms with van der Waals surface area (Å²) in [6.45, 7) is 3.95. The lowest BCUT2D eigenvalue weighted by atomic mass is 10.1. The fourth-order valence-electron chi connectivity index (χ4n) is 3.22. The number of amides is 3. The van der Waals surface area contributed by atoms with Gasteiger partial charge >= 0.3 is 6.03 Å². The van der Waals surface area contributed by atoms with E-state index in [0.717, 1.165) is 11.4 Å². The molecular formula is C22H26N4O4. The Labute approximate surface area is 175 Å². The molecule has 2 aromatic rings. The summed E-state index contributed by atoms with van der Waals surface area (Å²) in [5.41, 5.74) is 2.24. The molecule has 0 unspecified atom stereocenters. The van der Waals surface area contributed by atoms with E-state index in [1.54, 1.807) is 36.3 Å². The van der Waals surface area contributed by atoms with Crippen LogP contribution in [0.15, 0.2) is 48.5 Å². The summed E-state index contributed by atoms with van der Waals surface area (Å²) in [4.78, 5) is 39.6. The number of nitrogens with one attached hydrogen (secondary N) is 2. The van der Waals surface area contributed by atoms with Gasteiger partial charge in [0.25, 0.3) is 0 Å². The molecule has 1 heterocycles. The molecule has 0 radical (unpaired) electrons. The molecule has 0 spiro atoms. The first-order valence-corrected chi connectivity index (χ1v) is 9.79. The fraction of sp³-hybridized carbons (Fsp3) is 0.318. The van der Waals surface area contributed by atoms with Crippen molar-refractivity contribution in [2.75, 3.05) is 50.1 Å². The van der Waals surface area contributed by atoms with Crippen LogP contribution in [-0.4, -0.2) is 62.5 Å². The number of hydrogen-bond acceptors (Lipinski definition) is 5. The van der Waals surface area contributed by atoms with E-state index in [-0.39, 0.29) is 24.3 Å². The maximum absolute atomic E-state index is 12.4. The van der Waals surface area contributed by atoms with Gasteiger partial charge in [-0.05, 0) is 55.5 Å². The number of ketones is 1. The molecular weight excluding hydrogens is 384 g/mol. The molecule has 158 valence electrons. The van der Waals surface area contributed by atoms with Gasteiger partial charge < -0.3 is 25.2 Å². The third-order valence-corrected chi connectivity index (χ3v) is 4.98. The van der Waals surface area contributed by atoms with Crippen molar-refractivity contribution in [1.29, 1.82) is 0 Å². The Balaban J connectivity index is 1.41. The zero-order chi connectivity index (χ0) is 21.5. The number of rotatable bonds is 6. The number of urea groups is 1. The van der Waals surface area contributed by atoms with Gasteiger partial charge in [-0.1, -0.05) is 0 Å². The van der Waals surface area contributed by atoms with E-state index in [1.807, 2.05) is 24.3 Å². The Morgan fingerprint density at radius 2 is 1.57 bits per heavy atom. The van der Waals surface area contributed by atoms with Crippen LogP contribution in [0.2, 0.25) is 0 Å². The molecule has 2 aromatic carbocycles. The monoisotopic (exact) mass is 410 g/mol. The zero-order valence-electron chi connectivity index (χ0n) is 17.2. The number of carbonyl (C=O) groups is 3. The van der Waals surface area contributed by atoms with E-state index >= 15 is 0 Å². The lowest BCUT2D eigenvalue weighted by Crippen LogP contribution is -2.52. The first-order valence-electron chi connectivity index (χ1n) is 9.79. The lowest BCUT2D eigenvalue weighted by molar-refractivity contribution is -0.115. The van der Waals surface area contributed by atoms with Crippen LogP contribution in [0.1, 0.15) is 17.3 Å². The van der Waals surface area contributed by atoms with E-state index in [0.29, 0.717) is 37.4 Å². The average molecular weight is 410 g/mol. The van der Waals surface area contributed by atoms with Crippen LogP contribution in [0.5, 0.6) is 5.75 Å². The maximum Gasteiger partial charge on any atom is 0.317 e. The van der Waals surface area contributed by atoms with Crippen LogP contribution < -0.4 is 20.3 Å². The second kappa shape index (κ2) is 9.78. The molecule has 3 rings (SSSR count). The van der Waals surface area contributed by atoms with Gasteiger partial charge in [-0.25, -0.2) is 4.79 Å². The van der Waals surface area contributed by atoms with Gasteiger partial charge in [0.05, 0.1) is 13.7 Å². The molecule has 1 aliphatic heterocycles. The molecule has 8 heteroatoms. The first-order chi connectivity index (χ1) is 14.5. The van der Waals surface area contributed by atoms with Gasteiger partial charge in [0.1, 0.15) is 5.75 Å². The number of benzene rings is 2. The van der Waals surface area contributed by atoms with Crippen LogP contribution >= 0.6 is 0 Å². The summed E-state index contributed by atoms with van der Waals surface area (Å²) in [7, 11) is 1.64. The molecule has 0 atom stereocenters. The van der Waals surface area contributed by atoms with Gasteiger partial charge in [-0.15, -0.1) is 0 Å². The van der Waals surface area contributed by atoms with Crippen molar-refractivity contribution >= 4 is 29.1 Å². The number of ether oxygens (including phenoxy) is 1. The number of piperazine rings is 1. The maximum atomic E-state index is 12.4. The first kappa shape index (κ1) is 21.2. The van der Waals surface area contributed by atoms with Crippen LogP contribution in [0, 0.1) is 0 Å². The zero-order valence-corrected chi connectivity index (χ0v) is 17.2. The quantitative estimate of drug-likeness (QED) is 0.714. The van der Waals surface area contributed by atoms with E-state index in [2.05, 4.69) is 15.5 Å². The van der Waals surface area contributed by atoms with Crippen LogP contribution in [-0.2, 0) is 4.79 Å². The molecule has 0 saturated carbocycles. The molecule has 8 nitrogen and oxygen atoms in total. The average Bonchev–Trinajstić information content (AvgIpc) is 2.78. The SMILES string of the molecule is COc1ccc(N2CCN(C(=O)NCC(=O)Nc3ccc(C(C)=O)cc3)CC2)cc1. The number of carbonyl (C=O) groups excluding carboxylic acids is 3. The van der Waals surface area contributed by atoms with Crippen LogP contribution in [0.25, 0.3) is 0 Å². The Kier molecular flexibility index (Phi) is 6.90. The van der Waals surface area contributed by atoms with Crippen molar-refractivity contribution in [2.24, 2.45) is 0 Å². The molecule has 0 aliphatic carbocycles. The Morgan fingerprint density at radius 3 is 2.13 bits per heavy atom. The molecule has 1 saturated heterocycles. The summed E-state index contributed by atoms with van der Waals surface area (Å²) in [6.07, 6.45) is 0. The molecule has 1 fully saturated rings. The summed E-state index contributed by atoms with van der Waals surface area (Å²) in [5.74, 6) is 0.452. The minimum absolute atomic E-state index is 0.0350. The van der Waals surface area contributed by atoms with Crippen molar-refractivity contribution in [3.05, 3.63) is 54.1 Å². The van der Waals surface area contributed by atoms with E-state index < -0.39 is 0 Å². The molecule has 0 bridgehead atoms. The Hall–Kier alpha value is -3.55. The summed E-state index contributed by atoms with van der Waals surface area (Å²) < 4.78 is 5.18. The van der Waals surface area contributed by atoms with E-state index in [9.17, 15) is 14.4 Å². The standard InChI is InChI=1S/C22H26N4O4/c1-16(27)17-3-5-18(6-4-17)24-21(28)15-23-22(29)26-13-11-25(12-14-26)19-7-9-20(30-2)10-8-19/h3-10H,11-15H2,1-2H3,(H,23,29)(H,24,28). The number of nitrogens with zero attached hydrogens (tertiary/aromatic N) is 2. The van der Waals surface area contributed by atoms with Crippen molar-refractivity contribution in [3.63, 3.8) is 0 Å². The lowest BCUT2D eigenvalue weighted by Gasteiger charge is -2.36. The van der Waals surface area contributed by atoms with Gasteiger partial charge in [-0.2, -0.15) is 0 Å². The summed E-state index contributed by atoms with van der Waals surface area (Å²) >= 11 is 0. The van der Waals surface area contributed by atoms with Crippen molar-refractivity contribution < 1.29 is 19.1 Å². The second-order valence-corrected chi connectivity index (χ2v) is 7.01. The highest BCUT2D eigenvalue weighted by Gasteiger charge is 2.21. The van der Waals surface area contributed by atoms with Crippen molar-refractivity contribution in [2.45, 2.75) is 6.92 Å². The molecule has 2 N–H and O–H groups in total. The minimum Gasteiger partial charge on any atom is -0.497 e. The summed E-state index contributed by atoms with van der Waals surface area (Å²) in [6, 6.07) is 14.2. The highest BCUT2D eigenvalue weighted by atomic mass is 16.5. The molecule has 30 heavy (non-hydrogen) atoms. The van der Waals surface area contributed by atoms with Gasteiger partial charge in [0, 0.05) is 43.1 Å². The third-order valence-electron chi connectivity index (χ3n) is 4.98. The third kappa shape index (κ3) is 5.50. The second-order valence-electron chi connectivity index (χ2n) is 7.01. The molecule has 0 aromatic heterocycles.